The van der Waals surface area contributed by atoms with Crippen LogP contribution in [0.2, 0.25) is 0 Å². The molecule has 0 bridgehead atoms. The molecule has 0 saturated carbocycles. The smallest absolute Gasteiger partial charge is 0.497 e. The number of phosphoric ester groups is 1. The zero-order chi connectivity index (χ0) is 30.1. The molecule has 1 aliphatic rings. The Morgan fingerprint density at radius 3 is 2.07 bits per heavy atom. The highest BCUT2D eigenvalue weighted by molar-refractivity contribution is 7.49. The first-order valence-corrected chi connectivity index (χ1v) is 13.7. The maximum atomic E-state index is 15.4. The average molecular weight is 611 g/mol. The molecule has 0 spiro atoms. The van der Waals surface area contributed by atoms with Crippen LogP contribution in [0.5, 0.6) is 23.0 Å². The maximum Gasteiger partial charge on any atom is 0.587 e. The molecule has 42 heavy (non-hydrogen) atoms. The number of rotatable bonds is 11. The molecule has 5 rings (SSSR count). The molecule has 2 aromatic heterocycles. The second-order valence-corrected chi connectivity index (χ2v) is 10.5. The minimum absolute atomic E-state index is 0.0234. The fourth-order valence-electron chi connectivity index (χ4n) is 4.20. The van der Waals surface area contributed by atoms with Crippen LogP contribution in [-0.4, -0.2) is 69.8 Å². The Morgan fingerprint density at radius 1 is 1.00 bits per heavy atom. The predicted octanol–water partition coefficient (Wildman–Crippen LogP) is 3.94. The lowest BCUT2D eigenvalue weighted by Gasteiger charge is -2.31. The van der Waals surface area contributed by atoms with E-state index >= 15 is 4.39 Å². The molecule has 0 aliphatic carbocycles. The molecule has 2 aromatic carbocycles. The van der Waals surface area contributed by atoms with Gasteiger partial charge in [0.2, 0.25) is 0 Å². The van der Waals surface area contributed by atoms with Crippen molar-refractivity contribution >= 4 is 24.8 Å². The van der Waals surface area contributed by atoms with Gasteiger partial charge in [0.05, 0.1) is 27.2 Å². The number of imidazole rings is 1. The molecule has 13 nitrogen and oxygen atoms in total. The van der Waals surface area contributed by atoms with Crippen LogP contribution in [-0.2, 0) is 13.8 Å². The van der Waals surface area contributed by atoms with Crippen molar-refractivity contribution in [2.24, 2.45) is 0 Å². The van der Waals surface area contributed by atoms with Gasteiger partial charge in [0.25, 0.3) is 6.43 Å². The van der Waals surface area contributed by atoms with Gasteiger partial charge in [-0.3, -0.25) is 9.09 Å². The largest absolute Gasteiger partial charge is 0.587 e. The second kappa shape index (κ2) is 11.6. The van der Waals surface area contributed by atoms with E-state index < -0.39 is 45.0 Å². The van der Waals surface area contributed by atoms with Crippen LogP contribution in [0.1, 0.15) is 6.23 Å². The summed E-state index contributed by atoms with van der Waals surface area (Å²) in [4.78, 5) is 11.7. The third kappa shape index (κ3) is 5.53. The first-order valence-electron chi connectivity index (χ1n) is 12.2. The number of fused-ring (bicyclic) bond motifs is 1. The molecule has 0 radical (unpaired) electrons. The summed E-state index contributed by atoms with van der Waals surface area (Å²) < 4.78 is 91.4. The average Bonchev–Trinajstić information content (AvgIpc) is 3.53. The van der Waals surface area contributed by atoms with Crippen LogP contribution < -0.4 is 24.3 Å². The van der Waals surface area contributed by atoms with E-state index in [1.165, 1.54) is 62.8 Å². The summed E-state index contributed by atoms with van der Waals surface area (Å²) in [6.07, 6.45) is -8.09. The number of hydrogen-bond donors (Lipinski definition) is 2. The molecule has 1 saturated heterocycles. The topological polar surface area (TPSA) is 162 Å². The van der Waals surface area contributed by atoms with E-state index in [-0.39, 0.29) is 28.5 Å². The lowest BCUT2D eigenvalue weighted by molar-refractivity contribution is -0.192. The molecule has 4 aromatic rings. The van der Waals surface area contributed by atoms with Crippen molar-refractivity contribution in [1.82, 2.24) is 19.5 Å². The summed E-state index contributed by atoms with van der Waals surface area (Å²) in [5.41, 5.74) is 2.80. The molecular weight excluding hydrogens is 586 g/mol. The van der Waals surface area contributed by atoms with E-state index in [0.717, 1.165) is 17.2 Å². The zero-order valence-corrected chi connectivity index (χ0v) is 22.9. The van der Waals surface area contributed by atoms with Crippen molar-refractivity contribution < 1.29 is 50.6 Å². The normalized spacial score (nSPS) is 22.4. The van der Waals surface area contributed by atoms with Crippen LogP contribution in [0.3, 0.4) is 0 Å². The van der Waals surface area contributed by atoms with Gasteiger partial charge in [-0.1, -0.05) is 0 Å². The minimum atomic E-state index is -4.80. The standard InChI is InChI=1S/C25H25F3N5O8P/c1-36-14-3-7-16(8-4-14)40-42(35,41-17-9-5-15(37-2)6-10-17)38-11-25(24(27)28)20(34)18(26)23(39-25)33-13-32-19-21(29)30-12-31-22(19)33/h3-10,12-13,18,20,23-24,34H,11H2,1-2H3,(H2,29,30,31)/t18-,20+,23-,25-/m1/s1. The Hall–Kier alpha value is -4.11. The van der Waals surface area contributed by atoms with Gasteiger partial charge < -0.3 is 34.1 Å². The number of halogens is 3. The number of benzene rings is 2. The summed E-state index contributed by atoms with van der Waals surface area (Å²) in [6, 6.07) is 11.5. The number of aliphatic hydroxyl groups is 1. The number of phosphoric acid groups is 1. The van der Waals surface area contributed by atoms with E-state index in [1.54, 1.807) is 0 Å². The zero-order valence-electron chi connectivity index (χ0n) is 22.0. The lowest BCUT2D eigenvalue weighted by atomic mass is 9.97. The number of ether oxygens (including phenoxy) is 3. The first-order chi connectivity index (χ1) is 20.1. The van der Waals surface area contributed by atoms with Crippen LogP contribution >= 0.6 is 7.82 Å². The Labute approximate surface area is 236 Å². The van der Waals surface area contributed by atoms with Crippen molar-refractivity contribution in [1.29, 1.82) is 0 Å². The van der Waals surface area contributed by atoms with Crippen LogP contribution in [0.4, 0.5) is 19.0 Å². The summed E-state index contributed by atoms with van der Waals surface area (Å²) in [5.74, 6) is 0.799. The van der Waals surface area contributed by atoms with E-state index in [2.05, 4.69) is 15.0 Å². The maximum absolute atomic E-state index is 15.4. The van der Waals surface area contributed by atoms with Crippen molar-refractivity contribution in [3.63, 3.8) is 0 Å². The van der Waals surface area contributed by atoms with Crippen molar-refractivity contribution in [2.75, 3.05) is 26.6 Å². The van der Waals surface area contributed by atoms with Crippen molar-refractivity contribution in [3.05, 3.63) is 61.2 Å². The van der Waals surface area contributed by atoms with Crippen molar-refractivity contribution in [3.8, 4) is 23.0 Å². The highest BCUT2D eigenvalue weighted by atomic mass is 31.2. The van der Waals surface area contributed by atoms with Crippen LogP contribution in [0.15, 0.2) is 61.2 Å². The number of alkyl halides is 3. The van der Waals surface area contributed by atoms with Crippen LogP contribution in [0.25, 0.3) is 11.2 Å². The Balaban J connectivity index is 1.44. The van der Waals surface area contributed by atoms with Gasteiger partial charge in [-0.05, 0) is 48.5 Å². The van der Waals surface area contributed by atoms with Gasteiger partial charge in [0, 0.05) is 0 Å². The lowest BCUT2D eigenvalue weighted by Crippen LogP contribution is -2.52. The quantitative estimate of drug-likeness (QED) is 0.235. The number of nitrogen functional groups attached to an aromatic ring is 1. The van der Waals surface area contributed by atoms with Gasteiger partial charge in [-0.2, -0.15) is 0 Å². The van der Waals surface area contributed by atoms with E-state index in [0.29, 0.717) is 11.5 Å². The number of nitrogens with zero attached hydrogens (tertiary/aromatic N) is 4. The Bertz CT molecular complexity index is 1530. The number of methoxy groups -OCH3 is 2. The summed E-state index contributed by atoms with van der Waals surface area (Å²) in [7, 11) is -1.93. The molecule has 17 heteroatoms. The molecular formula is C25H25F3N5O8P. The van der Waals surface area contributed by atoms with Crippen LogP contribution in [0, 0.1) is 0 Å². The van der Waals surface area contributed by atoms with E-state index in [4.69, 9.17) is 33.5 Å². The Morgan fingerprint density at radius 2 is 1.55 bits per heavy atom. The predicted molar refractivity (Wildman–Crippen MR) is 140 cm³/mol. The third-order valence-electron chi connectivity index (χ3n) is 6.45. The molecule has 3 heterocycles. The Kier molecular flexibility index (Phi) is 8.14. The third-order valence-corrected chi connectivity index (χ3v) is 7.76. The monoisotopic (exact) mass is 611 g/mol. The highest BCUT2D eigenvalue weighted by Crippen LogP contribution is 2.53. The van der Waals surface area contributed by atoms with Gasteiger partial charge in [-0.15, -0.1) is 0 Å². The van der Waals surface area contributed by atoms with Crippen molar-refractivity contribution in [2.45, 2.75) is 30.5 Å². The minimum Gasteiger partial charge on any atom is -0.497 e. The first kappa shape index (κ1) is 29.4. The number of aliphatic hydroxyl groups excluding tert-OH is 1. The van der Waals surface area contributed by atoms with E-state index in [1.807, 2.05) is 0 Å². The molecule has 4 atom stereocenters. The van der Waals surface area contributed by atoms with E-state index in [9.17, 15) is 18.5 Å². The number of hydrogen-bond acceptors (Lipinski definition) is 12. The van der Waals surface area contributed by atoms with Gasteiger partial charge in [0.1, 0.15) is 40.9 Å². The van der Waals surface area contributed by atoms with Gasteiger partial charge in [0.15, 0.2) is 29.5 Å². The second-order valence-electron chi connectivity index (χ2n) is 8.99. The number of anilines is 1. The molecule has 1 aliphatic heterocycles. The van der Waals surface area contributed by atoms with Gasteiger partial charge >= 0.3 is 7.82 Å². The molecule has 224 valence electrons. The molecule has 1 fully saturated rings. The molecule has 0 amide bonds. The molecule has 3 N–H and O–H groups in total. The fourth-order valence-corrected chi connectivity index (χ4v) is 5.46. The molecule has 0 unspecified atom stereocenters. The summed E-state index contributed by atoms with van der Waals surface area (Å²) in [5, 5.41) is 10.7. The fraction of sp³-hybridized carbons (Fsp3) is 0.320. The SMILES string of the molecule is COc1ccc(OP(=O)(OC[C@@]2(C(F)F)O[C@@H](n3cnc4c(N)ncnc43)[C@H](F)[C@@H]2O)Oc2ccc(OC)cc2)cc1. The summed E-state index contributed by atoms with van der Waals surface area (Å²) >= 11 is 0. The highest BCUT2D eigenvalue weighted by Gasteiger charge is 2.62. The summed E-state index contributed by atoms with van der Waals surface area (Å²) in [6.45, 7) is -1.31. The number of nitrogens with two attached hydrogens (primary N) is 1. The number of aromatic nitrogens is 4. The van der Waals surface area contributed by atoms with Gasteiger partial charge in [-0.25, -0.2) is 32.7 Å².